The van der Waals surface area contributed by atoms with Gasteiger partial charge in [-0.3, -0.25) is 9.69 Å². The summed E-state index contributed by atoms with van der Waals surface area (Å²) in [5.74, 6) is -1.36. The number of carbonyl (C=O) groups excluding carboxylic acids is 2. The van der Waals surface area contributed by atoms with Crippen molar-refractivity contribution in [2.75, 3.05) is 12.0 Å². The van der Waals surface area contributed by atoms with E-state index in [0.717, 1.165) is 33.8 Å². The van der Waals surface area contributed by atoms with E-state index in [9.17, 15) is 14.0 Å². The van der Waals surface area contributed by atoms with Crippen molar-refractivity contribution in [3.05, 3.63) is 99.3 Å². The zero-order valence-electron chi connectivity index (χ0n) is 20.2. The first-order chi connectivity index (χ1) is 16.1. The van der Waals surface area contributed by atoms with Crippen LogP contribution in [0, 0.1) is 33.5 Å². The first kappa shape index (κ1) is 23.2. The number of carbonyl (C=O) groups is 2. The van der Waals surface area contributed by atoms with Crippen LogP contribution in [-0.4, -0.2) is 23.6 Å². The number of ether oxygens (including phenoxy) is 1. The largest absolute Gasteiger partial charge is 0.465 e. The number of hydrogen-bond acceptors (Lipinski definition) is 3. The number of methoxy groups -OCH3 is 1. The number of benzene rings is 2. The maximum atomic E-state index is 13.5. The third kappa shape index (κ3) is 3.96. The van der Waals surface area contributed by atoms with Gasteiger partial charge in [-0.15, -0.1) is 0 Å². The molecule has 2 aromatic carbocycles. The highest BCUT2D eigenvalue weighted by atomic mass is 19.1. The average molecular weight is 459 g/mol. The highest BCUT2D eigenvalue weighted by Crippen LogP contribution is 2.36. The zero-order chi connectivity index (χ0) is 24.7. The van der Waals surface area contributed by atoms with Gasteiger partial charge in [0, 0.05) is 28.5 Å². The van der Waals surface area contributed by atoms with Gasteiger partial charge in [0.05, 0.1) is 18.3 Å². The van der Waals surface area contributed by atoms with Crippen LogP contribution in [-0.2, 0) is 14.3 Å². The Kier molecular flexibility index (Phi) is 6.00. The highest BCUT2D eigenvalue weighted by Gasteiger charge is 2.38. The third-order valence-electron chi connectivity index (χ3n) is 6.11. The summed E-state index contributed by atoms with van der Waals surface area (Å²) in [5.41, 5.74) is 7.53. The molecular formula is C28H27FN2O3. The maximum Gasteiger partial charge on any atom is 0.340 e. The first-order valence-corrected chi connectivity index (χ1v) is 11.0. The van der Waals surface area contributed by atoms with Crippen molar-refractivity contribution in [1.29, 1.82) is 0 Å². The Hall–Kier alpha value is -3.93. The molecule has 1 amide bonds. The number of nitrogens with zero attached hydrogens (tertiary/aromatic N) is 2. The van der Waals surface area contributed by atoms with E-state index in [2.05, 4.69) is 36.6 Å². The summed E-state index contributed by atoms with van der Waals surface area (Å²) in [5, 5.41) is 0. The lowest BCUT2D eigenvalue weighted by Crippen LogP contribution is -2.24. The molecule has 34 heavy (non-hydrogen) atoms. The van der Waals surface area contributed by atoms with Crippen LogP contribution in [0.2, 0.25) is 0 Å². The van der Waals surface area contributed by atoms with Gasteiger partial charge in [-0.05, 0) is 99.8 Å². The molecule has 2 heterocycles. The van der Waals surface area contributed by atoms with Crippen molar-refractivity contribution in [1.82, 2.24) is 4.57 Å². The second-order valence-corrected chi connectivity index (χ2v) is 8.63. The van der Waals surface area contributed by atoms with E-state index in [1.807, 2.05) is 19.9 Å². The topological polar surface area (TPSA) is 51.5 Å². The van der Waals surface area contributed by atoms with Gasteiger partial charge in [0.2, 0.25) is 0 Å². The van der Waals surface area contributed by atoms with E-state index in [4.69, 9.17) is 4.74 Å². The van der Waals surface area contributed by atoms with Crippen molar-refractivity contribution < 1.29 is 18.7 Å². The van der Waals surface area contributed by atoms with Gasteiger partial charge < -0.3 is 9.30 Å². The number of allylic oxidation sites excluding steroid dienone is 1. The quantitative estimate of drug-likeness (QED) is 0.371. The van der Waals surface area contributed by atoms with E-state index >= 15 is 0 Å². The third-order valence-corrected chi connectivity index (χ3v) is 6.11. The van der Waals surface area contributed by atoms with Gasteiger partial charge in [-0.2, -0.15) is 0 Å². The van der Waals surface area contributed by atoms with Crippen LogP contribution in [0.4, 0.5) is 10.1 Å². The van der Waals surface area contributed by atoms with E-state index in [1.54, 1.807) is 13.0 Å². The minimum atomic E-state index is -0.593. The Morgan fingerprint density at radius 2 is 1.53 bits per heavy atom. The molecule has 1 aromatic heterocycles. The number of esters is 1. The number of hydrogen-bond donors (Lipinski definition) is 0. The molecule has 0 saturated carbocycles. The molecule has 0 unspecified atom stereocenters. The Morgan fingerprint density at radius 1 is 0.912 bits per heavy atom. The Labute approximate surface area is 198 Å². The van der Waals surface area contributed by atoms with Crippen LogP contribution >= 0.6 is 0 Å². The Bertz CT molecular complexity index is 1360. The van der Waals surface area contributed by atoms with Gasteiger partial charge in [0.25, 0.3) is 5.91 Å². The van der Waals surface area contributed by atoms with Crippen LogP contribution in [0.25, 0.3) is 11.8 Å². The fraction of sp³-hybridized carbons (Fsp3) is 0.214. The predicted molar refractivity (Wildman–Crippen MR) is 131 cm³/mol. The molecule has 0 radical (unpaired) electrons. The normalized spacial score (nSPS) is 15.0. The summed E-state index contributed by atoms with van der Waals surface area (Å²) in [7, 11) is 1.29. The van der Waals surface area contributed by atoms with Crippen molar-refractivity contribution in [3.8, 4) is 5.69 Å². The summed E-state index contributed by atoms with van der Waals surface area (Å²) in [6, 6.07) is 14.0. The van der Waals surface area contributed by atoms with E-state index in [1.165, 1.54) is 36.3 Å². The smallest absolute Gasteiger partial charge is 0.340 e. The zero-order valence-corrected chi connectivity index (χ0v) is 20.2. The molecule has 5 nitrogen and oxygen atoms in total. The standard InChI is InChI=1S/C28H27FN2O3/c1-16-11-17(2)13-24(12-16)30-18(3)14-21(19(30)4)15-25-26(28(33)34-6)20(5)31(27(25)32)23-9-7-22(29)8-10-23/h7-15H,1-6H3/b25-15-. The molecule has 4 rings (SSSR count). The lowest BCUT2D eigenvalue weighted by atomic mass is 10.0. The van der Waals surface area contributed by atoms with E-state index in [0.29, 0.717) is 11.4 Å². The number of anilines is 1. The first-order valence-electron chi connectivity index (χ1n) is 11.0. The van der Waals surface area contributed by atoms with Crippen LogP contribution in [0.5, 0.6) is 0 Å². The van der Waals surface area contributed by atoms with Crippen molar-refractivity contribution >= 4 is 23.6 Å². The monoisotopic (exact) mass is 458 g/mol. The number of halogens is 1. The molecule has 1 aliphatic heterocycles. The van der Waals surface area contributed by atoms with Crippen molar-refractivity contribution in [3.63, 3.8) is 0 Å². The van der Waals surface area contributed by atoms with Gasteiger partial charge in [0.15, 0.2) is 0 Å². The van der Waals surface area contributed by atoms with Crippen molar-refractivity contribution in [2.24, 2.45) is 0 Å². The average Bonchev–Trinajstić information content (AvgIpc) is 3.19. The SMILES string of the molecule is COC(=O)C1=C(C)N(c2ccc(F)cc2)C(=O)/C1=C\c1cc(C)n(-c2cc(C)cc(C)c2)c1C. The second kappa shape index (κ2) is 8.78. The molecular weight excluding hydrogens is 431 g/mol. The summed E-state index contributed by atoms with van der Waals surface area (Å²) in [4.78, 5) is 27.6. The maximum absolute atomic E-state index is 13.5. The summed E-state index contributed by atoms with van der Waals surface area (Å²) in [6.07, 6.45) is 1.74. The van der Waals surface area contributed by atoms with E-state index < -0.39 is 11.8 Å². The number of rotatable bonds is 4. The minimum absolute atomic E-state index is 0.202. The van der Waals surface area contributed by atoms with Crippen LogP contribution in [0.1, 0.15) is 35.0 Å². The lowest BCUT2D eigenvalue weighted by molar-refractivity contribution is -0.136. The Morgan fingerprint density at radius 3 is 2.12 bits per heavy atom. The number of amides is 1. The highest BCUT2D eigenvalue weighted by molar-refractivity contribution is 6.23. The van der Waals surface area contributed by atoms with Crippen LogP contribution in [0.3, 0.4) is 0 Å². The molecule has 0 atom stereocenters. The molecule has 3 aromatic rings. The molecule has 0 fully saturated rings. The van der Waals surface area contributed by atoms with Crippen molar-refractivity contribution in [2.45, 2.75) is 34.6 Å². The van der Waals surface area contributed by atoms with Gasteiger partial charge in [-0.1, -0.05) is 6.07 Å². The fourth-order valence-electron chi connectivity index (χ4n) is 4.65. The second-order valence-electron chi connectivity index (χ2n) is 8.63. The summed E-state index contributed by atoms with van der Waals surface area (Å²) in [6.45, 7) is 9.81. The van der Waals surface area contributed by atoms with Gasteiger partial charge >= 0.3 is 5.97 Å². The minimum Gasteiger partial charge on any atom is -0.465 e. The number of aryl methyl sites for hydroxylation is 3. The number of aromatic nitrogens is 1. The molecule has 0 aliphatic carbocycles. The van der Waals surface area contributed by atoms with Crippen LogP contribution < -0.4 is 4.90 Å². The lowest BCUT2D eigenvalue weighted by Gasteiger charge is -2.17. The molecule has 0 N–H and O–H groups in total. The molecule has 174 valence electrons. The molecule has 0 bridgehead atoms. The molecule has 6 heteroatoms. The fourth-order valence-corrected chi connectivity index (χ4v) is 4.65. The van der Waals surface area contributed by atoms with Crippen LogP contribution in [0.15, 0.2) is 65.4 Å². The van der Waals surface area contributed by atoms with Gasteiger partial charge in [-0.25, -0.2) is 9.18 Å². The van der Waals surface area contributed by atoms with Gasteiger partial charge in [0.1, 0.15) is 5.82 Å². The summed E-state index contributed by atoms with van der Waals surface area (Å²) < 4.78 is 20.6. The Balaban J connectivity index is 1.85. The predicted octanol–water partition coefficient (Wildman–Crippen LogP) is 5.73. The molecule has 0 spiro atoms. The molecule has 0 saturated heterocycles. The van der Waals surface area contributed by atoms with E-state index in [-0.39, 0.29) is 17.1 Å². The molecule has 1 aliphatic rings. The summed E-state index contributed by atoms with van der Waals surface area (Å²) >= 11 is 0.